The first-order valence-corrected chi connectivity index (χ1v) is 8.06. The molecule has 0 atom stereocenters. The normalized spacial score (nSPS) is 10.4. The number of esters is 1. The number of benzene rings is 1. The average Bonchev–Trinajstić information content (AvgIpc) is 2.42. The van der Waals surface area contributed by atoms with E-state index in [0.29, 0.717) is 12.2 Å². The predicted octanol–water partition coefficient (Wildman–Crippen LogP) is 5.19. The van der Waals surface area contributed by atoms with Crippen LogP contribution in [0.5, 0.6) is 0 Å². The van der Waals surface area contributed by atoms with E-state index in [1.54, 1.807) is 6.07 Å². The summed E-state index contributed by atoms with van der Waals surface area (Å²) >= 11 is 8.95. The Labute approximate surface area is 128 Å². The molecule has 1 aromatic rings. The molecule has 0 aliphatic rings. The van der Waals surface area contributed by atoms with Gasteiger partial charge < -0.3 is 4.74 Å². The van der Waals surface area contributed by atoms with E-state index in [4.69, 9.17) is 16.3 Å². The molecule has 2 nitrogen and oxygen atoms in total. The van der Waals surface area contributed by atoms with Crippen LogP contribution in [-0.4, -0.2) is 18.5 Å². The Bertz CT molecular complexity index is 382. The Morgan fingerprint density at radius 3 is 2.37 bits per heavy atom. The van der Waals surface area contributed by atoms with Crippen LogP contribution < -0.4 is 0 Å². The van der Waals surface area contributed by atoms with Gasteiger partial charge in [-0.1, -0.05) is 37.8 Å². The fourth-order valence-electron chi connectivity index (χ4n) is 1.77. The number of carbonyl (C=O) groups is 1. The van der Waals surface area contributed by atoms with Gasteiger partial charge in [0.15, 0.2) is 0 Å². The average molecular weight is 348 g/mol. The van der Waals surface area contributed by atoms with Gasteiger partial charge in [0, 0.05) is 10.4 Å². The molecule has 0 heterocycles. The van der Waals surface area contributed by atoms with Gasteiger partial charge >= 0.3 is 5.97 Å². The lowest BCUT2D eigenvalue weighted by Crippen LogP contribution is -2.07. The van der Waals surface area contributed by atoms with Crippen LogP contribution in [0, 0.1) is 0 Å². The molecule has 0 radical (unpaired) electrons. The molecule has 0 aliphatic heterocycles. The SMILES string of the molecule is O=C(OCCCCCCCCCl)c1ccccc1Br. The van der Waals surface area contributed by atoms with Crippen LogP contribution in [0.4, 0.5) is 0 Å². The number of rotatable bonds is 9. The van der Waals surface area contributed by atoms with Crippen molar-refractivity contribution in [3.63, 3.8) is 0 Å². The van der Waals surface area contributed by atoms with E-state index >= 15 is 0 Å². The zero-order chi connectivity index (χ0) is 13.9. The van der Waals surface area contributed by atoms with Crippen molar-refractivity contribution in [3.05, 3.63) is 34.3 Å². The van der Waals surface area contributed by atoms with E-state index in [0.717, 1.165) is 29.6 Å². The van der Waals surface area contributed by atoms with Crippen molar-refractivity contribution in [2.24, 2.45) is 0 Å². The van der Waals surface area contributed by atoms with Gasteiger partial charge in [-0.2, -0.15) is 0 Å². The number of halogens is 2. The molecule has 0 saturated heterocycles. The number of ether oxygens (including phenoxy) is 1. The molecule has 1 aromatic carbocycles. The first kappa shape index (κ1) is 16.5. The summed E-state index contributed by atoms with van der Waals surface area (Å²) in [6.45, 7) is 0.496. The van der Waals surface area contributed by atoms with Crippen molar-refractivity contribution in [2.45, 2.75) is 38.5 Å². The van der Waals surface area contributed by atoms with Gasteiger partial charge in [0.1, 0.15) is 0 Å². The maximum Gasteiger partial charge on any atom is 0.339 e. The minimum atomic E-state index is -0.255. The largest absolute Gasteiger partial charge is 0.462 e. The van der Waals surface area contributed by atoms with Crippen LogP contribution in [0.25, 0.3) is 0 Å². The molecule has 0 aromatic heterocycles. The Morgan fingerprint density at radius 2 is 1.68 bits per heavy atom. The fraction of sp³-hybridized carbons (Fsp3) is 0.533. The summed E-state index contributed by atoms with van der Waals surface area (Å²) in [5, 5.41) is 0. The second-order valence-electron chi connectivity index (χ2n) is 4.43. The maximum atomic E-state index is 11.8. The van der Waals surface area contributed by atoms with Crippen LogP contribution in [0.3, 0.4) is 0 Å². The van der Waals surface area contributed by atoms with Gasteiger partial charge in [-0.3, -0.25) is 0 Å². The molecule has 1 rings (SSSR count). The van der Waals surface area contributed by atoms with Crippen LogP contribution >= 0.6 is 27.5 Å². The number of hydrogen-bond donors (Lipinski definition) is 0. The fourth-order valence-corrected chi connectivity index (χ4v) is 2.41. The molecular formula is C15H20BrClO2. The van der Waals surface area contributed by atoms with Gasteiger partial charge in [-0.05, 0) is 40.9 Å². The first-order valence-electron chi connectivity index (χ1n) is 6.73. The van der Waals surface area contributed by atoms with E-state index in [-0.39, 0.29) is 5.97 Å². The van der Waals surface area contributed by atoms with E-state index in [1.807, 2.05) is 18.2 Å². The van der Waals surface area contributed by atoms with Gasteiger partial charge in [0.25, 0.3) is 0 Å². The smallest absolute Gasteiger partial charge is 0.339 e. The van der Waals surface area contributed by atoms with Gasteiger partial charge in [-0.25, -0.2) is 4.79 Å². The van der Waals surface area contributed by atoms with E-state index in [2.05, 4.69) is 15.9 Å². The van der Waals surface area contributed by atoms with Gasteiger partial charge in [-0.15, -0.1) is 11.6 Å². The zero-order valence-electron chi connectivity index (χ0n) is 11.0. The maximum absolute atomic E-state index is 11.8. The molecule has 0 spiro atoms. The molecule has 19 heavy (non-hydrogen) atoms. The lowest BCUT2D eigenvalue weighted by Gasteiger charge is -2.06. The number of alkyl halides is 1. The second-order valence-corrected chi connectivity index (χ2v) is 5.66. The number of hydrogen-bond acceptors (Lipinski definition) is 2. The molecule has 0 unspecified atom stereocenters. The second kappa shape index (κ2) is 10.3. The summed E-state index contributed by atoms with van der Waals surface area (Å²) in [7, 11) is 0. The van der Waals surface area contributed by atoms with Crippen molar-refractivity contribution in [1.82, 2.24) is 0 Å². The summed E-state index contributed by atoms with van der Waals surface area (Å²) in [5.74, 6) is 0.499. The van der Waals surface area contributed by atoms with Crippen molar-refractivity contribution in [2.75, 3.05) is 12.5 Å². The highest BCUT2D eigenvalue weighted by molar-refractivity contribution is 9.10. The standard InChI is InChI=1S/C15H20BrClO2/c16-14-10-6-5-9-13(14)15(18)19-12-8-4-2-1-3-7-11-17/h5-6,9-10H,1-4,7-8,11-12H2. The van der Waals surface area contributed by atoms with Crippen molar-refractivity contribution in [1.29, 1.82) is 0 Å². The Balaban J connectivity index is 2.10. The molecule has 106 valence electrons. The molecule has 0 fully saturated rings. The zero-order valence-corrected chi connectivity index (χ0v) is 13.4. The van der Waals surface area contributed by atoms with Gasteiger partial charge in [0.2, 0.25) is 0 Å². The quantitative estimate of drug-likeness (QED) is 0.349. The Morgan fingerprint density at radius 1 is 1.05 bits per heavy atom. The van der Waals surface area contributed by atoms with Crippen LogP contribution in [0.15, 0.2) is 28.7 Å². The highest BCUT2D eigenvalue weighted by Gasteiger charge is 2.09. The molecule has 0 amide bonds. The van der Waals surface area contributed by atoms with Crippen molar-refractivity contribution < 1.29 is 9.53 Å². The molecule has 0 bridgehead atoms. The third-order valence-corrected chi connectivity index (χ3v) is 3.81. The van der Waals surface area contributed by atoms with E-state index < -0.39 is 0 Å². The molecule has 0 N–H and O–H groups in total. The van der Waals surface area contributed by atoms with E-state index in [1.165, 1.54) is 19.3 Å². The van der Waals surface area contributed by atoms with Crippen molar-refractivity contribution >= 4 is 33.5 Å². The predicted molar refractivity (Wildman–Crippen MR) is 82.8 cm³/mol. The highest BCUT2D eigenvalue weighted by Crippen LogP contribution is 2.17. The van der Waals surface area contributed by atoms with E-state index in [9.17, 15) is 4.79 Å². The number of unbranched alkanes of at least 4 members (excludes halogenated alkanes) is 5. The minimum absolute atomic E-state index is 0.255. The summed E-state index contributed by atoms with van der Waals surface area (Å²) in [6, 6.07) is 7.31. The lowest BCUT2D eigenvalue weighted by atomic mass is 10.1. The third kappa shape index (κ3) is 6.98. The Kier molecular flexibility index (Phi) is 8.93. The topological polar surface area (TPSA) is 26.3 Å². The Hall–Kier alpha value is -0.540. The minimum Gasteiger partial charge on any atom is -0.462 e. The van der Waals surface area contributed by atoms with Crippen LogP contribution in [0.1, 0.15) is 48.9 Å². The summed E-state index contributed by atoms with van der Waals surface area (Å²) in [6.07, 6.45) is 6.72. The molecule has 0 aliphatic carbocycles. The summed E-state index contributed by atoms with van der Waals surface area (Å²) in [4.78, 5) is 11.8. The van der Waals surface area contributed by atoms with Crippen molar-refractivity contribution in [3.8, 4) is 0 Å². The molecular weight excluding hydrogens is 328 g/mol. The summed E-state index contributed by atoms with van der Waals surface area (Å²) < 4.78 is 6.03. The third-order valence-electron chi connectivity index (χ3n) is 2.85. The monoisotopic (exact) mass is 346 g/mol. The van der Waals surface area contributed by atoms with Crippen LogP contribution in [0.2, 0.25) is 0 Å². The number of carbonyl (C=O) groups excluding carboxylic acids is 1. The van der Waals surface area contributed by atoms with Crippen LogP contribution in [-0.2, 0) is 4.74 Å². The molecule has 4 heteroatoms. The van der Waals surface area contributed by atoms with Gasteiger partial charge in [0.05, 0.1) is 12.2 Å². The first-order chi connectivity index (χ1) is 9.25. The molecule has 0 saturated carbocycles. The lowest BCUT2D eigenvalue weighted by molar-refractivity contribution is 0.0496. The highest BCUT2D eigenvalue weighted by atomic mass is 79.9. The summed E-state index contributed by atoms with van der Waals surface area (Å²) in [5.41, 5.74) is 0.588.